The van der Waals surface area contributed by atoms with E-state index in [1.54, 1.807) is 32.9 Å². The van der Waals surface area contributed by atoms with Crippen molar-refractivity contribution in [3.63, 3.8) is 0 Å². The highest BCUT2D eigenvalue weighted by Gasteiger charge is 2.38. The smallest absolute Gasteiger partial charge is 0.411 e. The number of amides is 1. The van der Waals surface area contributed by atoms with E-state index in [9.17, 15) is 14.4 Å². The van der Waals surface area contributed by atoms with Crippen LogP contribution in [0.4, 0.5) is 4.79 Å². The van der Waals surface area contributed by atoms with Crippen molar-refractivity contribution in [2.24, 2.45) is 0 Å². The molecule has 1 amide bonds. The number of benzene rings is 1. The molecule has 4 rings (SSSR count). The number of carbonyl (C=O) groups is 2. The summed E-state index contributed by atoms with van der Waals surface area (Å²) >= 11 is 0. The average molecular weight is 399 g/mol. The normalized spacial score (nSPS) is 18.7. The summed E-state index contributed by atoms with van der Waals surface area (Å²) in [6, 6.07) is 4.41. The van der Waals surface area contributed by atoms with Crippen LogP contribution >= 0.6 is 0 Å². The van der Waals surface area contributed by atoms with Gasteiger partial charge in [-0.3, -0.25) is 4.90 Å². The second-order valence-electron chi connectivity index (χ2n) is 8.61. The number of aryl methyl sites for hydroxylation is 1. The number of hydrogen-bond acceptors (Lipinski definition) is 6. The van der Waals surface area contributed by atoms with E-state index in [0.29, 0.717) is 30.7 Å². The van der Waals surface area contributed by atoms with Crippen molar-refractivity contribution in [3.8, 4) is 5.75 Å². The molecule has 0 N–H and O–H groups in total. The lowest BCUT2D eigenvalue weighted by atomic mass is 10.1. The molecule has 0 bridgehead atoms. The van der Waals surface area contributed by atoms with Gasteiger partial charge in [0.25, 0.3) is 0 Å². The number of hydrogen-bond donors (Lipinski definition) is 0. The molecule has 0 unspecified atom stereocenters. The standard InChI is InChI=1S/C22H25NO6/c1-22(2,3)29-21(26)23-11-5-8-17(23)20(25)27-13-9-10-15-14-6-4-7-16(14)19(24)28-18(15)12-13/h9-10,12,17H,4-8,11H2,1-3H3/t17-/m0/s1. The van der Waals surface area contributed by atoms with Crippen LogP contribution in [-0.2, 0) is 22.4 Å². The van der Waals surface area contributed by atoms with Crippen LogP contribution in [0.3, 0.4) is 0 Å². The Bertz CT molecular complexity index is 1030. The summed E-state index contributed by atoms with van der Waals surface area (Å²) in [7, 11) is 0. The van der Waals surface area contributed by atoms with Crippen LogP contribution in [-0.4, -0.2) is 35.2 Å². The highest BCUT2D eigenvalue weighted by atomic mass is 16.6. The zero-order valence-electron chi connectivity index (χ0n) is 16.9. The van der Waals surface area contributed by atoms with E-state index in [2.05, 4.69) is 0 Å². The molecule has 1 aliphatic heterocycles. The molecule has 0 radical (unpaired) electrons. The van der Waals surface area contributed by atoms with Crippen molar-refractivity contribution in [3.05, 3.63) is 39.7 Å². The van der Waals surface area contributed by atoms with Gasteiger partial charge in [0.1, 0.15) is 23.0 Å². The SMILES string of the molecule is CC(C)(C)OC(=O)N1CCC[C@H]1C(=O)Oc1ccc2c3c(c(=O)oc2c1)CCC3. The summed E-state index contributed by atoms with van der Waals surface area (Å²) in [5.41, 5.74) is 1.24. The molecular weight excluding hydrogens is 374 g/mol. The molecule has 1 aromatic heterocycles. The van der Waals surface area contributed by atoms with Gasteiger partial charge in [0.2, 0.25) is 0 Å². The summed E-state index contributed by atoms with van der Waals surface area (Å²) in [4.78, 5) is 38.7. The first-order valence-corrected chi connectivity index (χ1v) is 10.0. The molecule has 2 aliphatic rings. The van der Waals surface area contributed by atoms with Gasteiger partial charge in [-0.1, -0.05) is 0 Å². The summed E-state index contributed by atoms with van der Waals surface area (Å²) in [5.74, 6) is -0.226. The first kappa shape index (κ1) is 19.5. The van der Waals surface area contributed by atoms with E-state index in [4.69, 9.17) is 13.9 Å². The van der Waals surface area contributed by atoms with Crippen LogP contribution in [0.15, 0.2) is 27.4 Å². The number of nitrogens with zero attached hydrogens (tertiary/aromatic N) is 1. The van der Waals surface area contributed by atoms with Crippen LogP contribution < -0.4 is 10.4 Å². The molecule has 1 saturated heterocycles. The first-order chi connectivity index (χ1) is 13.7. The molecule has 0 spiro atoms. The van der Waals surface area contributed by atoms with E-state index in [0.717, 1.165) is 35.8 Å². The minimum absolute atomic E-state index is 0.291. The zero-order valence-corrected chi connectivity index (χ0v) is 16.9. The van der Waals surface area contributed by atoms with Crippen LogP contribution in [0, 0.1) is 0 Å². The first-order valence-electron chi connectivity index (χ1n) is 10.0. The van der Waals surface area contributed by atoms with Gasteiger partial charge < -0.3 is 13.9 Å². The molecule has 7 nitrogen and oxygen atoms in total. The van der Waals surface area contributed by atoms with Crippen molar-refractivity contribution < 1.29 is 23.5 Å². The Kier molecular flexibility index (Phi) is 4.84. The highest BCUT2D eigenvalue weighted by Crippen LogP contribution is 2.30. The van der Waals surface area contributed by atoms with Crippen LogP contribution in [0.25, 0.3) is 11.0 Å². The van der Waals surface area contributed by atoms with Gasteiger partial charge in [-0.05, 0) is 70.6 Å². The Hall–Kier alpha value is -2.83. The largest absolute Gasteiger partial charge is 0.444 e. The van der Waals surface area contributed by atoms with Gasteiger partial charge in [-0.2, -0.15) is 0 Å². The lowest BCUT2D eigenvalue weighted by Gasteiger charge is -2.27. The van der Waals surface area contributed by atoms with Gasteiger partial charge in [0, 0.05) is 23.6 Å². The fourth-order valence-electron chi connectivity index (χ4n) is 4.06. The maximum Gasteiger partial charge on any atom is 0.411 e. The molecule has 2 heterocycles. The lowest BCUT2D eigenvalue weighted by Crippen LogP contribution is -2.44. The monoisotopic (exact) mass is 399 g/mol. The fourth-order valence-corrected chi connectivity index (χ4v) is 4.06. The molecule has 1 atom stereocenters. The van der Waals surface area contributed by atoms with E-state index in [-0.39, 0.29) is 5.63 Å². The molecule has 1 fully saturated rings. The number of ether oxygens (including phenoxy) is 2. The predicted octanol–water partition coefficient (Wildman–Crippen LogP) is 3.59. The maximum atomic E-state index is 12.7. The Morgan fingerprint density at radius 1 is 1.14 bits per heavy atom. The van der Waals surface area contributed by atoms with E-state index >= 15 is 0 Å². The van der Waals surface area contributed by atoms with Gasteiger partial charge in [0.15, 0.2) is 0 Å². The van der Waals surface area contributed by atoms with Crippen molar-refractivity contribution in [2.75, 3.05) is 6.54 Å². The number of esters is 1. The van der Waals surface area contributed by atoms with E-state index < -0.39 is 23.7 Å². The van der Waals surface area contributed by atoms with Crippen molar-refractivity contribution in [1.82, 2.24) is 4.90 Å². The Labute approximate surface area is 168 Å². The van der Waals surface area contributed by atoms with Crippen LogP contribution in [0.5, 0.6) is 5.75 Å². The summed E-state index contributed by atoms with van der Waals surface area (Å²) < 4.78 is 16.4. The second-order valence-corrected chi connectivity index (χ2v) is 8.61. The van der Waals surface area contributed by atoms with Gasteiger partial charge in [0.05, 0.1) is 0 Å². The van der Waals surface area contributed by atoms with E-state index in [1.165, 1.54) is 4.90 Å². The second kappa shape index (κ2) is 7.21. The summed E-state index contributed by atoms with van der Waals surface area (Å²) in [5, 5.41) is 0.883. The van der Waals surface area contributed by atoms with Crippen molar-refractivity contribution in [1.29, 1.82) is 0 Å². The molecule has 0 saturated carbocycles. The number of likely N-dealkylation sites (tertiary alicyclic amines) is 1. The minimum Gasteiger partial charge on any atom is -0.444 e. The number of fused-ring (bicyclic) bond motifs is 3. The summed E-state index contributed by atoms with van der Waals surface area (Å²) in [6.45, 7) is 5.81. The van der Waals surface area contributed by atoms with Gasteiger partial charge in [-0.25, -0.2) is 14.4 Å². The van der Waals surface area contributed by atoms with Crippen LogP contribution in [0.2, 0.25) is 0 Å². The molecule has 1 aromatic carbocycles. The van der Waals surface area contributed by atoms with Crippen molar-refractivity contribution in [2.45, 2.75) is 64.5 Å². The lowest BCUT2D eigenvalue weighted by molar-refractivity contribution is -0.139. The third-order valence-corrected chi connectivity index (χ3v) is 5.32. The van der Waals surface area contributed by atoms with Crippen molar-refractivity contribution >= 4 is 23.0 Å². The molecule has 29 heavy (non-hydrogen) atoms. The number of rotatable bonds is 2. The predicted molar refractivity (Wildman–Crippen MR) is 106 cm³/mol. The topological polar surface area (TPSA) is 86.0 Å². The minimum atomic E-state index is -0.687. The van der Waals surface area contributed by atoms with E-state index in [1.807, 2.05) is 6.07 Å². The average Bonchev–Trinajstić information content (AvgIpc) is 3.30. The Balaban J connectivity index is 1.53. The fraction of sp³-hybridized carbons (Fsp3) is 0.500. The molecule has 154 valence electrons. The quantitative estimate of drug-likeness (QED) is 0.436. The van der Waals surface area contributed by atoms with Crippen LogP contribution in [0.1, 0.15) is 51.2 Å². The Morgan fingerprint density at radius 2 is 1.90 bits per heavy atom. The molecule has 2 aromatic rings. The third-order valence-electron chi connectivity index (χ3n) is 5.32. The molecular formula is C22H25NO6. The molecule has 1 aliphatic carbocycles. The summed E-state index contributed by atoms with van der Waals surface area (Å²) in [6.07, 6.45) is 3.25. The third kappa shape index (κ3) is 3.86. The molecule has 7 heteroatoms. The van der Waals surface area contributed by atoms with Gasteiger partial charge in [-0.15, -0.1) is 0 Å². The highest BCUT2D eigenvalue weighted by molar-refractivity contribution is 5.86. The number of carbonyl (C=O) groups excluding carboxylic acids is 2. The van der Waals surface area contributed by atoms with Gasteiger partial charge >= 0.3 is 17.7 Å². The maximum absolute atomic E-state index is 12.7. The Morgan fingerprint density at radius 3 is 2.66 bits per heavy atom. The zero-order chi connectivity index (χ0) is 20.8.